The number of nitrogens with zero attached hydrogens (tertiary/aromatic N) is 3. The summed E-state index contributed by atoms with van der Waals surface area (Å²) < 4.78 is 11.4. The van der Waals surface area contributed by atoms with Crippen LogP contribution in [-0.2, 0) is 0 Å². The van der Waals surface area contributed by atoms with Crippen molar-refractivity contribution in [3.05, 3.63) is 41.8 Å². The van der Waals surface area contributed by atoms with Crippen molar-refractivity contribution in [2.24, 2.45) is 0 Å². The van der Waals surface area contributed by atoms with Gasteiger partial charge in [0.05, 0.1) is 18.8 Å². The van der Waals surface area contributed by atoms with Crippen LogP contribution < -0.4 is 9.64 Å². The van der Waals surface area contributed by atoms with Gasteiger partial charge in [0.15, 0.2) is 5.69 Å². The second-order valence-electron chi connectivity index (χ2n) is 6.82. The topological polar surface area (TPSA) is 58.8 Å². The Morgan fingerprint density at radius 3 is 2.92 bits per heavy atom. The van der Waals surface area contributed by atoms with Crippen LogP contribution in [-0.4, -0.2) is 48.7 Å². The van der Waals surface area contributed by atoms with Crippen molar-refractivity contribution in [3.8, 4) is 5.75 Å². The molecule has 0 bridgehead atoms. The van der Waals surface area contributed by atoms with Crippen LogP contribution in [0.2, 0.25) is 0 Å². The molecule has 1 amide bonds. The largest absolute Gasteiger partial charge is 0.485 e. The number of para-hydroxylation sites is 2. The predicted octanol–water partition coefficient (Wildman–Crippen LogP) is 2.91. The maximum absolute atomic E-state index is 12.6. The molecule has 1 aromatic carbocycles. The van der Waals surface area contributed by atoms with E-state index in [4.69, 9.17) is 9.26 Å². The molecule has 2 aromatic rings. The first-order valence-corrected chi connectivity index (χ1v) is 8.88. The molecule has 2 aliphatic rings. The molecular weight excluding hydrogens is 318 g/mol. The molecule has 4 rings (SSSR count). The fraction of sp³-hybridized carbons (Fsp3) is 0.474. The molecule has 2 heterocycles. The molecule has 25 heavy (non-hydrogen) atoms. The number of likely N-dealkylation sites (N-methyl/N-ethyl adjacent to an activating group) is 2. The summed E-state index contributed by atoms with van der Waals surface area (Å²) in [5, 5.41) is 3.94. The molecule has 1 fully saturated rings. The van der Waals surface area contributed by atoms with Gasteiger partial charge in [0.1, 0.15) is 17.6 Å². The molecule has 132 valence electrons. The summed E-state index contributed by atoms with van der Waals surface area (Å²) in [6.45, 7) is 4.30. The Bertz CT molecular complexity index is 769. The molecule has 0 spiro atoms. The van der Waals surface area contributed by atoms with E-state index in [1.54, 1.807) is 18.0 Å². The maximum atomic E-state index is 12.6. The lowest BCUT2D eigenvalue weighted by Crippen LogP contribution is -2.46. The minimum Gasteiger partial charge on any atom is -0.485 e. The zero-order valence-electron chi connectivity index (χ0n) is 14.6. The Hall–Kier alpha value is -2.50. The molecule has 6 nitrogen and oxygen atoms in total. The molecule has 0 N–H and O–H groups in total. The van der Waals surface area contributed by atoms with Crippen LogP contribution >= 0.6 is 0 Å². The van der Waals surface area contributed by atoms with Gasteiger partial charge in [0.2, 0.25) is 0 Å². The van der Waals surface area contributed by atoms with Gasteiger partial charge in [-0.2, -0.15) is 0 Å². The monoisotopic (exact) mass is 341 g/mol. The number of carbonyl (C=O) groups is 1. The number of hydrogen-bond donors (Lipinski definition) is 0. The number of carbonyl (C=O) groups excluding carboxylic acids is 1. The summed E-state index contributed by atoms with van der Waals surface area (Å²) in [6.07, 6.45) is 2.18. The second kappa shape index (κ2) is 6.43. The normalized spacial score (nSPS) is 19.3. The number of rotatable bonds is 5. The standard InChI is InChI=1S/C19H23N3O3/c1-3-22-12-14(24-17-7-5-4-6-16(17)22)11-21(2)19(23)15-10-18(25-20-15)13-8-9-13/h4-7,10,13-14H,3,8-9,11-12H2,1-2H3/t14-/m0/s1. The molecule has 1 aliphatic heterocycles. The summed E-state index contributed by atoms with van der Waals surface area (Å²) in [6, 6.07) is 9.82. The first kappa shape index (κ1) is 16.0. The van der Waals surface area contributed by atoms with Crippen molar-refractivity contribution in [2.45, 2.75) is 31.8 Å². The van der Waals surface area contributed by atoms with Crippen molar-refractivity contribution in [1.29, 1.82) is 0 Å². The first-order valence-electron chi connectivity index (χ1n) is 8.88. The summed E-state index contributed by atoms with van der Waals surface area (Å²) in [7, 11) is 1.79. The van der Waals surface area contributed by atoms with Crippen LogP contribution in [0.3, 0.4) is 0 Å². The van der Waals surface area contributed by atoms with Crippen molar-refractivity contribution in [2.75, 3.05) is 31.6 Å². The van der Waals surface area contributed by atoms with Crippen LogP contribution in [0, 0.1) is 0 Å². The molecule has 1 saturated carbocycles. The number of aromatic nitrogens is 1. The maximum Gasteiger partial charge on any atom is 0.275 e. The van der Waals surface area contributed by atoms with E-state index in [2.05, 4.69) is 23.0 Å². The summed E-state index contributed by atoms with van der Waals surface area (Å²) >= 11 is 0. The van der Waals surface area contributed by atoms with Gasteiger partial charge >= 0.3 is 0 Å². The number of fused-ring (bicyclic) bond motifs is 1. The SMILES string of the molecule is CCN1C[C@H](CN(C)C(=O)c2cc(C3CC3)on2)Oc2ccccc21. The number of anilines is 1. The van der Waals surface area contributed by atoms with Gasteiger partial charge in [0.25, 0.3) is 5.91 Å². The van der Waals surface area contributed by atoms with Crippen molar-refractivity contribution in [1.82, 2.24) is 10.1 Å². The Kier molecular flexibility index (Phi) is 4.11. The van der Waals surface area contributed by atoms with Gasteiger partial charge in [-0.3, -0.25) is 4.79 Å². The highest BCUT2D eigenvalue weighted by atomic mass is 16.5. The predicted molar refractivity (Wildman–Crippen MR) is 94.2 cm³/mol. The van der Waals surface area contributed by atoms with Crippen LogP contribution in [0.4, 0.5) is 5.69 Å². The molecular formula is C19H23N3O3. The Morgan fingerprint density at radius 1 is 1.36 bits per heavy atom. The molecule has 0 saturated heterocycles. The third-order valence-corrected chi connectivity index (χ3v) is 4.86. The summed E-state index contributed by atoms with van der Waals surface area (Å²) in [5.41, 5.74) is 1.49. The van der Waals surface area contributed by atoms with E-state index in [0.29, 0.717) is 18.2 Å². The molecule has 6 heteroatoms. The fourth-order valence-electron chi connectivity index (χ4n) is 3.31. The summed E-state index contributed by atoms with van der Waals surface area (Å²) in [5.74, 6) is 2.03. The van der Waals surface area contributed by atoms with Gasteiger partial charge in [0, 0.05) is 25.6 Å². The smallest absolute Gasteiger partial charge is 0.275 e. The van der Waals surface area contributed by atoms with E-state index >= 15 is 0 Å². The first-order chi connectivity index (χ1) is 12.2. The van der Waals surface area contributed by atoms with E-state index in [9.17, 15) is 4.79 Å². The van der Waals surface area contributed by atoms with Crippen molar-refractivity contribution < 1.29 is 14.1 Å². The summed E-state index contributed by atoms with van der Waals surface area (Å²) in [4.78, 5) is 16.6. The van der Waals surface area contributed by atoms with Gasteiger partial charge in [-0.1, -0.05) is 17.3 Å². The number of hydrogen-bond acceptors (Lipinski definition) is 5. The van der Waals surface area contributed by atoms with Crippen LogP contribution in [0.5, 0.6) is 5.75 Å². The van der Waals surface area contributed by atoms with Gasteiger partial charge < -0.3 is 19.1 Å². The van der Waals surface area contributed by atoms with E-state index in [-0.39, 0.29) is 12.0 Å². The minimum absolute atomic E-state index is 0.0707. The molecule has 1 aliphatic carbocycles. The molecule has 0 radical (unpaired) electrons. The Morgan fingerprint density at radius 2 is 2.16 bits per heavy atom. The zero-order chi connectivity index (χ0) is 17.4. The molecule has 1 aromatic heterocycles. The van der Waals surface area contributed by atoms with E-state index in [1.165, 1.54) is 0 Å². The third kappa shape index (κ3) is 3.21. The quantitative estimate of drug-likeness (QED) is 0.837. The Labute approximate surface area is 147 Å². The van der Waals surface area contributed by atoms with E-state index < -0.39 is 0 Å². The van der Waals surface area contributed by atoms with Gasteiger partial charge in [-0.05, 0) is 31.9 Å². The average molecular weight is 341 g/mol. The zero-order valence-corrected chi connectivity index (χ0v) is 14.6. The lowest BCUT2D eigenvalue weighted by molar-refractivity contribution is 0.0699. The Balaban J connectivity index is 1.43. The highest BCUT2D eigenvalue weighted by Crippen LogP contribution is 2.40. The second-order valence-corrected chi connectivity index (χ2v) is 6.82. The lowest BCUT2D eigenvalue weighted by Gasteiger charge is -2.37. The molecule has 0 unspecified atom stereocenters. The van der Waals surface area contributed by atoms with Crippen LogP contribution in [0.25, 0.3) is 0 Å². The van der Waals surface area contributed by atoms with Crippen LogP contribution in [0.15, 0.2) is 34.9 Å². The fourth-order valence-corrected chi connectivity index (χ4v) is 3.31. The number of amides is 1. The van der Waals surface area contributed by atoms with Crippen LogP contribution in [0.1, 0.15) is 41.9 Å². The van der Waals surface area contributed by atoms with E-state index in [1.807, 2.05) is 18.2 Å². The lowest BCUT2D eigenvalue weighted by atomic mass is 10.1. The highest BCUT2D eigenvalue weighted by molar-refractivity contribution is 5.92. The average Bonchev–Trinajstić information content (AvgIpc) is 3.37. The van der Waals surface area contributed by atoms with E-state index in [0.717, 1.165) is 43.1 Å². The number of benzene rings is 1. The van der Waals surface area contributed by atoms with Crippen molar-refractivity contribution >= 4 is 11.6 Å². The minimum atomic E-state index is -0.124. The van der Waals surface area contributed by atoms with Gasteiger partial charge in [-0.25, -0.2) is 0 Å². The van der Waals surface area contributed by atoms with Gasteiger partial charge in [-0.15, -0.1) is 0 Å². The highest BCUT2D eigenvalue weighted by Gasteiger charge is 2.31. The third-order valence-electron chi connectivity index (χ3n) is 4.86. The molecule has 1 atom stereocenters. The number of ether oxygens (including phenoxy) is 1. The van der Waals surface area contributed by atoms with Crippen molar-refractivity contribution in [3.63, 3.8) is 0 Å².